The molecule has 0 saturated heterocycles. The highest BCUT2D eigenvalue weighted by molar-refractivity contribution is 6.20. The Morgan fingerprint density at radius 3 is 2.61 bits per heavy atom. The van der Waals surface area contributed by atoms with Crippen LogP contribution in [-0.4, -0.2) is 31.5 Å². The van der Waals surface area contributed by atoms with Gasteiger partial charge in [-0.05, 0) is 34.6 Å². The van der Waals surface area contributed by atoms with E-state index in [1.54, 1.807) is 40.7 Å². The summed E-state index contributed by atoms with van der Waals surface area (Å²) in [6.07, 6.45) is 0. The summed E-state index contributed by atoms with van der Waals surface area (Å²) < 4.78 is 1.41. The Hall–Kier alpha value is -2.15. The number of alkyl halides is 1. The number of hydrogen-bond acceptors (Lipinski definition) is 4. The molecule has 0 aliphatic carbocycles. The number of halogens is 1. The molecule has 2 heterocycles. The zero-order valence-corrected chi connectivity index (χ0v) is 14.6. The minimum Gasteiger partial charge on any atom is -0.310 e. The number of amides is 1. The monoisotopic (exact) mass is 337 g/mol. The Kier molecular flexibility index (Phi) is 4.61. The molecule has 0 aliphatic heterocycles. The molecule has 2 aromatic heterocycles. The molecule has 0 bridgehead atoms. The third kappa shape index (κ3) is 3.44. The number of carbonyl (C=O) groups is 1. The molecule has 0 unspecified atom stereocenters. The molecule has 7 nitrogen and oxygen atoms in total. The SMILES string of the molecule is Cc1cc(NC(=O)C(C)(C)CCl)n(-c2nc(C)c(C)c(=O)[nH]2)n1. The summed E-state index contributed by atoms with van der Waals surface area (Å²) in [5.41, 5.74) is 0.875. The molecule has 8 heteroatoms. The van der Waals surface area contributed by atoms with Crippen LogP contribution >= 0.6 is 11.6 Å². The Morgan fingerprint density at radius 1 is 1.39 bits per heavy atom. The van der Waals surface area contributed by atoms with Crippen LogP contribution in [0.2, 0.25) is 0 Å². The third-order valence-corrected chi connectivity index (χ3v) is 4.27. The van der Waals surface area contributed by atoms with Gasteiger partial charge in [-0.15, -0.1) is 11.6 Å². The number of nitrogens with one attached hydrogen (secondary N) is 2. The average Bonchev–Trinajstić information content (AvgIpc) is 2.84. The maximum Gasteiger partial charge on any atom is 0.255 e. The molecule has 0 saturated carbocycles. The van der Waals surface area contributed by atoms with Crippen molar-refractivity contribution >= 4 is 23.3 Å². The van der Waals surface area contributed by atoms with Crippen LogP contribution in [0.25, 0.3) is 5.95 Å². The minimum atomic E-state index is -0.728. The fourth-order valence-electron chi connectivity index (χ4n) is 1.83. The lowest BCUT2D eigenvalue weighted by atomic mass is 9.95. The van der Waals surface area contributed by atoms with Crippen molar-refractivity contribution in [1.82, 2.24) is 19.7 Å². The second-order valence-corrected chi connectivity index (χ2v) is 6.42. The lowest BCUT2D eigenvalue weighted by Crippen LogP contribution is -2.33. The molecule has 0 aromatic carbocycles. The average molecular weight is 338 g/mol. The highest BCUT2D eigenvalue weighted by atomic mass is 35.5. The maximum absolute atomic E-state index is 12.3. The lowest BCUT2D eigenvalue weighted by molar-refractivity contribution is -0.123. The Morgan fingerprint density at radius 2 is 2.04 bits per heavy atom. The van der Waals surface area contributed by atoms with Crippen LogP contribution < -0.4 is 10.9 Å². The van der Waals surface area contributed by atoms with E-state index < -0.39 is 5.41 Å². The van der Waals surface area contributed by atoms with Crippen LogP contribution in [0.3, 0.4) is 0 Å². The first-order valence-electron chi connectivity index (χ1n) is 7.17. The van der Waals surface area contributed by atoms with Gasteiger partial charge in [0.2, 0.25) is 11.9 Å². The number of hydrogen-bond donors (Lipinski definition) is 2. The van der Waals surface area contributed by atoms with Gasteiger partial charge in [0.15, 0.2) is 0 Å². The van der Waals surface area contributed by atoms with Gasteiger partial charge in [-0.2, -0.15) is 9.78 Å². The maximum atomic E-state index is 12.3. The second-order valence-electron chi connectivity index (χ2n) is 6.15. The first kappa shape index (κ1) is 17.2. The van der Waals surface area contributed by atoms with Crippen LogP contribution in [0.15, 0.2) is 10.9 Å². The summed E-state index contributed by atoms with van der Waals surface area (Å²) in [4.78, 5) is 31.3. The topological polar surface area (TPSA) is 92.7 Å². The van der Waals surface area contributed by atoms with E-state index in [0.29, 0.717) is 22.8 Å². The molecule has 2 N–H and O–H groups in total. The van der Waals surface area contributed by atoms with E-state index in [4.69, 9.17) is 11.6 Å². The highest BCUT2D eigenvalue weighted by Gasteiger charge is 2.28. The van der Waals surface area contributed by atoms with Gasteiger partial charge in [0.1, 0.15) is 5.82 Å². The van der Waals surface area contributed by atoms with Gasteiger partial charge in [0, 0.05) is 23.2 Å². The van der Waals surface area contributed by atoms with Crippen LogP contribution in [0, 0.1) is 26.2 Å². The largest absolute Gasteiger partial charge is 0.310 e. The molecule has 0 aliphatic rings. The van der Waals surface area contributed by atoms with E-state index in [1.165, 1.54) is 4.68 Å². The van der Waals surface area contributed by atoms with E-state index >= 15 is 0 Å². The Labute approximate surface area is 139 Å². The van der Waals surface area contributed by atoms with Crippen LogP contribution in [0.5, 0.6) is 0 Å². The van der Waals surface area contributed by atoms with Crippen molar-refractivity contribution in [2.45, 2.75) is 34.6 Å². The van der Waals surface area contributed by atoms with Crippen molar-refractivity contribution in [3.8, 4) is 5.95 Å². The molecule has 23 heavy (non-hydrogen) atoms. The van der Waals surface area contributed by atoms with Crippen molar-refractivity contribution < 1.29 is 4.79 Å². The Balaban J connectivity index is 2.46. The van der Waals surface area contributed by atoms with Crippen molar-refractivity contribution in [2.24, 2.45) is 5.41 Å². The zero-order chi connectivity index (χ0) is 17.4. The van der Waals surface area contributed by atoms with Crippen molar-refractivity contribution in [3.05, 3.63) is 33.4 Å². The van der Waals surface area contributed by atoms with E-state index in [9.17, 15) is 9.59 Å². The lowest BCUT2D eigenvalue weighted by Gasteiger charge is -2.20. The highest BCUT2D eigenvalue weighted by Crippen LogP contribution is 2.21. The smallest absolute Gasteiger partial charge is 0.255 e. The minimum absolute atomic E-state index is 0.185. The molecule has 2 aromatic rings. The summed E-state index contributed by atoms with van der Waals surface area (Å²) in [6, 6.07) is 1.71. The second kappa shape index (κ2) is 6.16. The van der Waals surface area contributed by atoms with Crippen molar-refractivity contribution in [3.63, 3.8) is 0 Å². The summed E-state index contributed by atoms with van der Waals surface area (Å²) in [5.74, 6) is 0.632. The molecule has 2 rings (SSSR count). The number of aromatic nitrogens is 4. The molecule has 0 radical (unpaired) electrons. The normalized spacial score (nSPS) is 11.6. The van der Waals surface area contributed by atoms with E-state index in [-0.39, 0.29) is 23.3 Å². The van der Waals surface area contributed by atoms with Crippen LogP contribution in [-0.2, 0) is 4.79 Å². The van der Waals surface area contributed by atoms with Gasteiger partial charge >= 0.3 is 0 Å². The number of anilines is 1. The number of aryl methyl sites for hydroxylation is 2. The van der Waals surface area contributed by atoms with Gasteiger partial charge < -0.3 is 5.32 Å². The van der Waals surface area contributed by atoms with E-state index in [2.05, 4.69) is 20.4 Å². The first-order valence-corrected chi connectivity index (χ1v) is 7.71. The molecular weight excluding hydrogens is 318 g/mol. The van der Waals surface area contributed by atoms with E-state index in [1.807, 2.05) is 0 Å². The van der Waals surface area contributed by atoms with Crippen molar-refractivity contribution in [1.29, 1.82) is 0 Å². The number of nitrogens with zero attached hydrogens (tertiary/aromatic N) is 3. The number of aromatic amines is 1. The fraction of sp³-hybridized carbons (Fsp3) is 0.467. The third-order valence-electron chi connectivity index (χ3n) is 3.60. The fourth-order valence-corrected chi connectivity index (χ4v) is 1.95. The quantitative estimate of drug-likeness (QED) is 0.835. The van der Waals surface area contributed by atoms with Gasteiger partial charge in [-0.1, -0.05) is 0 Å². The molecule has 0 spiro atoms. The van der Waals surface area contributed by atoms with Crippen LogP contribution in [0.4, 0.5) is 5.82 Å². The predicted octanol–water partition coefficient (Wildman–Crippen LogP) is 2.08. The van der Waals surface area contributed by atoms with Gasteiger partial charge in [0.25, 0.3) is 5.56 Å². The number of carbonyl (C=O) groups excluding carboxylic acids is 1. The summed E-state index contributed by atoms with van der Waals surface area (Å²) in [7, 11) is 0. The first-order chi connectivity index (χ1) is 10.7. The van der Waals surface area contributed by atoms with E-state index in [0.717, 1.165) is 0 Å². The summed E-state index contributed by atoms with van der Waals surface area (Å²) in [6.45, 7) is 8.74. The van der Waals surface area contributed by atoms with Crippen LogP contribution in [0.1, 0.15) is 30.8 Å². The zero-order valence-electron chi connectivity index (χ0n) is 13.8. The molecular formula is C15H20ClN5O2. The van der Waals surface area contributed by atoms with Gasteiger partial charge in [-0.3, -0.25) is 14.6 Å². The standard InChI is InChI=1S/C15H20ClN5O2/c1-8-6-11(18-13(23)15(4,5)7-16)21(20-8)14-17-10(3)9(2)12(22)19-14/h6H,7H2,1-5H3,(H,18,23)(H,17,19,22). The molecule has 1 amide bonds. The molecule has 0 atom stereocenters. The molecule has 0 fully saturated rings. The predicted molar refractivity (Wildman–Crippen MR) is 89.3 cm³/mol. The molecule has 124 valence electrons. The number of rotatable bonds is 4. The summed E-state index contributed by atoms with van der Waals surface area (Å²) in [5, 5.41) is 7.08. The number of H-pyrrole nitrogens is 1. The van der Waals surface area contributed by atoms with Crippen molar-refractivity contribution in [2.75, 3.05) is 11.2 Å². The summed E-state index contributed by atoms with van der Waals surface area (Å²) >= 11 is 5.83. The van der Waals surface area contributed by atoms with Gasteiger partial charge in [0.05, 0.1) is 11.1 Å². The van der Waals surface area contributed by atoms with Gasteiger partial charge in [-0.25, -0.2) is 4.98 Å². The Bertz CT molecular complexity index is 807.